The van der Waals surface area contributed by atoms with Crippen LogP contribution in [0.15, 0.2) is 11.6 Å². The van der Waals surface area contributed by atoms with Crippen LogP contribution in [0.4, 0.5) is 4.79 Å². The van der Waals surface area contributed by atoms with Gasteiger partial charge in [-0.15, -0.1) is 0 Å². The normalized spacial score (nSPS) is 39.6. The number of ether oxygens (including phenoxy) is 1. The van der Waals surface area contributed by atoms with Crippen molar-refractivity contribution in [2.45, 2.75) is 132 Å². The Morgan fingerprint density at radius 3 is 2.44 bits per heavy atom. The first-order chi connectivity index (χ1) is 16.1. The van der Waals surface area contributed by atoms with Gasteiger partial charge in [-0.2, -0.15) is 0 Å². The summed E-state index contributed by atoms with van der Waals surface area (Å²) in [4.78, 5) is 11.3. The lowest BCUT2D eigenvalue weighted by molar-refractivity contribution is -0.0578. The second-order valence-corrected chi connectivity index (χ2v) is 13.3. The van der Waals surface area contributed by atoms with Gasteiger partial charge in [0.25, 0.3) is 0 Å². The molecule has 0 radical (unpaired) electrons. The van der Waals surface area contributed by atoms with Crippen molar-refractivity contribution in [2.75, 3.05) is 0 Å². The van der Waals surface area contributed by atoms with Gasteiger partial charge in [-0.25, -0.2) is 4.79 Å². The van der Waals surface area contributed by atoms with Gasteiger partial charge in [0.1, 0.15) is 6.10 Å². The summed E-state index contributed by atoms with van der Waals surface area (Å²) >= 11 is 0. The number of hydrogen-bond donors (Lipinski definition) is 1. The lowest BCUT2D eigenvalue weighted by atomic mass is 9.47. The Balaban J connectivity index is 0.00000206. The molecule has 0 aromatic rings. The molecule has 3 nitrogen and oxygen atoms in total. The molecule has 8 atom stereocenters. The van der Waals surface area contributed by atoms with Crippen molar-refractivity contribution in [3.63, 3.8) is 0 Å². The molecule has 4 aliphatic carbocycles. The van der Waals surface area contributed by atoms with Crippen LogP contribution in [-0.4, -0.2) is 12.2 Å². The third-order valence-electron chi connectivity index (χ3n) is 10.5. The summed E-state index contributed by atoms with van der Waals surface area (Å²) < 4.78 is 5.39. The van der Waals surface area contributed by atoms with Crippen LogP contribution in [-0.2, 0) is 4.74 Å². The number of carbonyl (C=O) groups excluding carboxylic acids is 1. The van der Waals surface area contributed by atoms with Crippen molar-refractivity contribution in [3.8, 4) is 0 Å². The molecule has 0 aliphatic heterocycles. The van der Waals surface area contributed by atoms with Crippen LogP contribution in [0.5, 0.6) is 0 Å². The molecule has 3 unspecified atom stereocenters. The Morgan fingerprint density at radius 1 is 1.09 bits per heavy atom. The average molecular weight is 480 g/mol. The Labute approximate surface area is 215 Å². The maximum Gasteiger partial charge on any atom is 0.404 e. The second-order valence-electron chi connectivity index (χ2n) is 13.3. The van der Waals surface area contributed by atoms with E-state index in [1.54, 1.807) is 5.57 Å². The van der Waals surface area contributed by atoms with Crippen LogP contribution in [0.25, 0.3) is 0 Å². The highest BCUT2D eigenvalue weighted by Gasteiger charge is 2.59. The maximum atomic E-state index is 11.3. The Bertz CT molecular complexity index is 729. The van der Waals surface area contributed by atoms with Gasteiger partial charge in [0.05, 0.1) is 0 Å². The highest BCUT2D eigenvalue weighted by Crippen LogP contribution is 2.67. The van der Waals surface area contributed by atoms with Crippen molar-refractivity contribution < 1.29 is 13.8 Å². The second kappa shape index (κ2) is 11.4. The summed E-state index contributed by atoms with van der Waals surface area (Å²) in [6.45, 7) is 16.7. The number of hydrogen-bond acceptors (Lipinski definition) is 2. The van der Waals surface area contributed by atoms with Gasteiger partial charge in [-0.1, -0.05) is 85.8 Å². The number of primary amides is 1. The van der Waals surface area contributed by atoms with Crippen LogP contribution < -0.4 is 5.73 Å². The molecule has 34 heavy (non-hydrogen) atoms. The van der Waals surface area contributed by atoms with E-state index in [2.05, 4.69) is 54.5 Å². The first kappa shape index (κ1) is 27.6. The minimum absolute atomic E-state index is 0. The van der Waals surface area contributed by atoms with Crippen LogP contribution in [0.3, 0.4) is 0 Å². The third-order valence-corrected chi connectivity index (χ3v) is 10.5. The summed E-state index contributed by atoms with van der Waals surface area (Å²) in [5.74, 6) is 5.20. The molecule has 0 spiro atoms. The van der Waals surface area contributed by atoms with Gasteiger partial charge < -0.3 is 10.5 Å². The molecule has 1 amide bonds. The fraction of sp³-hybridized carbons (Fsp3) is 0.903. The zero-order valence-corrected chi connectivity index (χ0v) is 23.5. The molecular formula is C31H61NO2. The van der Waals surface area contributed by atoms with Crippen molar-refractivity contribution in [1.29, 1.82) is 0 Å². The molecule has 4 aliphatic rings. The average Bonchev–Trinajstić information content (AvgIpc) is 3.11. The lowest BCUT2D eigenvalue weighted by Crippen LogP contribution is -2.51. The summed E-state index contributed by atoms with van der Waals surface area (Å²) in [6, 6.07) is 0. The monoisotopic (exact) mass is 479 g/mol. The van der Waals surface area contributed by atoms with Gasteiger partial charge >= 0.3 is 6.09 Å². The number of allylic oxidation sites excluding steroid dienone is 1. The maximum absolute atomic E-state index is 11.3. The van der Waals surface area contributed by atoms with E-state index in [-0.39, 0.29) is 10.4 Å². The molecule has 0 saturated heterocycles. The largest absolute Gasteiger partial charge is 0.446 e. The SMILES string of the molecule is CC(C)CCC[C@@H](C)[C@H]1CCC2[C@@H]3CC=C4CC(OC(N)=O)CC[C@]4(C)C3CC[C@@]21C.CCC.[HH].[HH].[HH]. The molecule has 0 heterocycles. The van der Waals surface area contributed by atoms with Crippen molar-refractivity contribution >= 4 is 6.09 Å². The fourth-order valence-corrected chi connectivity index (χ4v) is 8.92. The standard InChI is InChI=1S/C28H47NO2.C3H8.3H2/c1-18(2)7-6-8-19(3)23-11-12-24-22-10-9-20-17-21(31-26(29)30)13-15-27(20,4)25(22)14-16-28(23,24)5;1-3-2;;;/h9,18-19,21-25H,6-8,10-17H2,1-5H3,(H2,29,30);3H2,1-2H3;3*1H/t19-,21?,22+,23-,24?,25?,27+,28-;;;;/m1..../s1. The van der Waals surface area contributed by atoms with Gasteiger partial charge in [0.2, 0.25) is 0 Å². The van der Waals surface area contributed by atoms with Crippen LogP contribution in [0, 0.1) is 46.3 Å². The van der Waals surface area contributed by atoms with E-state index in [9.17, 15) is 4.79 Å². The van der Waals surface area contributed by atoms with E-state index in [1.807, 2.05) is 0 Å². The van der Waals surface area contributed by atoms with E-state index in [1.165, 1.54) is 57.8 Å². The first-order valence-electron chi connectivity index (χ1n) is 14.7. The predicted molar refractivity (Wildman–Crippen MR) is 150 cm³/mol. The molecular weight excluding hydrogens is 418 g/mol. The highest BCUT2D eigenvalue weighted by atomic mass is 16.6. The number of fused-ring (bicyclic) bond motifs is 5. The fourth-order valence-electron chi connectivity index (χ4n) is 8.92. The Hall–Kier alpha value is -0.990. The zero-order chi connectivity index (χ0) is 25.1. The quantitative estimate of drug-likeness (QED) is 0.385. The molecule has 0 bridgehead atoms. The molecule has 3 fully saturated rings. The summed E-state index contributed by atoms with van der Waals surface area (Å²) in [6.07, 6.45) is 17.4. The third kappa shape index (κ3) is 5.54. The number of amides is 1. The van der Waals surface area contributed by atoms with Gasteiger partial charge in [0, 0.05) is 10.7 Å². The smallest absolute Gasteiger partial charge is 0.404 e. The van der Waals surface area contributed by atoms with Crippen LogP contribution >= 0.6 is 0 Å². The van der Waals surface area contributed by atoms with E-state index < -0.39 is 6.09 Å². The predicted octanol–water partition coefficient (Wildman–Crippen LogP) is 9.65. The molecule has 3 heteroatoms. The molecule has 0 aromatic carbocycles. The molecule has 4 rings (SSSR count). The lowest BCUT2D eigenvalue weighted by Gasteiger charge is -2.58. The van der Waals surface area contributed by atoms with Crippen LogP contribution in [0.2, 0.25) is 0 Å². The summed E-state index contributed by atoms with van der Waals surface area (Å²) in [5, 5.41) is 0. The Kier molecular flexibility index (Phi) is 9.24. The molecule has 0 aromatic heterocycles. The number of rotatable bonds is 6. The summed E-state index contributed by atoms with van der Waals surface area (Å²) in [5.41, 5.74) is 7.72. The highest BCUT2D eigenvalue weighted by molar-refractivity contribution is 5.64. The van der Waals surface area contributed by atoms with Gasteiger partial charge in [-0.3, -0.25) is 0 Å². The minimum atomic E-state index is -0.615. The van der Waals surface area contributed by atoms with E-state index in [0.717, 1.165) is 54.8 Å². The number of carbonyl (C=O) groups is 1. The van der Waals surface area contributed by atoms with E-state index >= 15 is 0 Å². The summed E-state index contributed by atoms with van der Waals surface area (Å²) in [7, 11) is 0. The number of nitrogens with two attached hydrogens (primary N) is 1. The minimum Gasteiger partial charge on any atom is -0.446 e. The van der Waals surface area contributed by atoms with Crippen molar-refractivity contribution in [2.24, 2.45) is 52.1 Å². The van der Waals surface area contributed by atoms with Crippen molar-refractivity contribution in [1.82, 2.24) is 0 Å². The van der Waals surface area contributed by atoms with Crippen molar-refractivity contribution in [3.05, 3.63) is 11.6 Å². The zero-order valence-electron chi connectivity index (χ0n) is 23.5. The molecule has 2 N–H and O–H groups in total. The Morgan fingerprint density at radius 2 is 1.79 bits per heavy atom. The van der Waals surface area contributed by atoms with Gasteiger partial charge in [-0.05, 0) is 91.3 Å². The van der Waals surface area contributed by atoms with Crippen LogP contribution in [0.1, 0.15) is 130 Å². The van der Waals surface area contributed by atoms with Gasteiger partial charge in [0.15, 0.2) is 0 Å². The molecule has 3 saturated carbocycles. The molecule has 202 valence electrons. The first-order valence-corrected chi connectivity index (χ1v) is 14.7. The topological polar surface area (TPSA) is 52.3 Å². The van der Waals surface area contributed by atoms with E-state index in [4.69, 9.17) is 10.5 Å². The van der Waals surface area contributed by atoms with E-state index in [0.29, 0.717) is 10.8 Å².